The van der Waals surface area contributed by atoms with E-state index in [9.17, 15) is 9.59 Å². The Balaban J connectivity index is 2.20. The third-order valence-electron chi connectivity index (χ3n) is 3.07. The highest BCUT2D eigenvalue weighted by Crippen LogP contribution is 2.23. The predicted molar refractivity (Wildman–Crippen MR) is 81.7 cm³/mol. The summed E-state index contributed by atoms with van der Waals surface area (Å²) in [5.41, 5.74) is 8.02. The van der Waals surface area contributed by atoms with Crippen LogP contribution in [0.1, 0.15) is 18.1 Å². The number of nitrogens with zero attached hydrogens (tertiary/aromatic N) is 4. The van der Waals surface area contributed by atoms with Crippen LogP contribution in [-0.2, 0) is 4.79 Å². The number of hydrogen-bond acceptors (Lipinski definition) is 6. The van der Waals surface area contributed by atoms with Crippen molar-refractivity contribution in [2.45, 2.75) is 31.2 Å². The van der Waals surface area contributed by atoms with Gasteiger partial charge in [-0.2, -0.15) is 4.68 Å². The lowest BCUT2D eigenvalue weighted by Crippen LogP contribution is -2.39. The van der Waals surface area contributed by atoms with Crippen molar-refractivity contribution in [2.24, 2.45) is 5.73 Å². The molecule has 0 aliphatic rings. The number of benzene rings is 1. The van der Waals surface area contributed by atoms with Crippen molar-refractivity contribution in [3.05, 3.63) is 29.3 Å². The van der Waals surface area contributed by atoms with Gasteiger partial charge in [0.1, 0.15) is 0 Å². The highest BCUT2D eigenvalue weighted by atomic mass is 32.2. The first kappa shape index (κ1) is 16.0. The number of carbonyl (C=O) groups excluding carboxylic acids is 2. The summed E-state index contributed by atoms with van der Waals surface area (Å²) in [7, 11) is 0. The monoisotopic (exact) mass is 320 g/mol. The third kappa shape index (κ3) is 3.61. The Hall–Kier alpha value is -2.42. The van der Waals surface area contributed by atoms with Crippen LogP contribution in [-0.4, -0.2) is 37.4 Å². The second-order valence-corrected chi connectivity index (χ2v) is 6.06. The van der Waals surface area contributed by atoms with E-state index in [2.05, 4.69) is 15.5 Å². The molecule has 9 heteroatoms. The molecule has 2 aromatic rings. The van der Waals surface area contributed by atoms with Crippen LogP contribution in [0, 0.1) is 13.8 Å². The molecule has 3 N–H and O–H groups in total. The van der Waals surface area contributed by atoms with E-state index in [0.29, 0.717) is 5.16 Å². The number of urea groups is 1. The molecule has 22 heavy (non-hydrogen) atoms. The molecule has 0 fully saturated rings. The minimum absolute atomic E-state index is 0.454. The van der Waals surface area contributed by atoms with Crippen molar-refractivity contribution in [2.75, 3.05) is 0 Å². The normalized spacial score (nSPS) is 12.0. The Morgan fingerprint density at radius 2 is 2.05 bits per heavy atom. The molecule has 3 amide bonds. The van der Waals surface area contributed by atoms with E-state index in [-0.39, 0.29) is 0 Å². The molecule has 1 heterocycles. The maximum absolute atomic E-state index is 11.7. The molecule has 8 nitrogen and oxygen atoms in total. The molecular weight excluding hydrogens is 304 g/mol. The second kappa shape index (κ2) is 6.56. The summed E-state index contributed by atoms with van der Waals surface area (Å²) in [4.78, 5) is 22.4. The first-order valence-electron chi connectivity index (χ1n) is 6.51. The van der Waals surface area contributed by atoms with Crippen LogP contribution in [0.5, 0.6) is 0 Å². The molecule has 116 valence electrons. The summed E-state index contributed by atoms with van der Waals surface area (Å²) in [6.07, 6.45) is 0. The molecule has 1 aromatic heterocycles. The highest BCUT2D eigenvalue weighted by molar-refractivity contribution is 8.00. The van der Waals surface area contributed by atoms with Gasteiger partial charge in [0.15, 0.2) is 0 Å². The first-order valence-corrected chi connectivity index (χ1v) is 7.39. The zero-order valence-electron chi connectivity index (χ0n) is 12.4. The van der Waals surface area contributed by atoms with Crippen LogP contribution < -0.4 is 11.1 Å². The fourth-order valence-electron chi connectivity index (χ4n) is 1.71. The minimum atomic E-state index is -0.883. The zero-order chi connectivity index (χ0) is 16.3. The first-order chi connectivity index (χ1) is 10.4. The fourth-order valence-corrected chi connectivity index (χ4v) is 2.51. The lowest BCUT2D eigenvalue weighted by atomic mass is 10.1. The summed E-state index contributed by atoms with van der Waals surface area (Å²) in [6.45, 7) is 5.66. The van der Waals surface area contributed by atoms with Crippen molar-refractivity contribution < 1.29 is 9.59 Å². The van der Waals surface area contributed by atoms with E-state index in [1.165, 1.54) is 5.56 Å². The number of thioether (sulfide) groups is 1. The molecule has 0 spiro atoms. The van der Waals surface area contributed by atoms with E-state index in [1.807, 2.05) is 37.4 Å². The molecule has 0 saturated carbocycles. The molecule has 0 bridgehead atoms. The molecular formula is C13H16N6O2S. The second-order valence-electron chi connectivity index (χ2n) is 4.76. The Morgan fingerprint density at radius 1 is 1.32 bits per heavy atom. The number of tetrazole rings is 1. The minimum Gasteiger partial charge on any atom is -0.351 e. The number of nitrogens with one attached hydrogen (secondary N) is 1. The number of aromatic nitrogens is 4. The van der Waals surface area contributed by atoms with Crippen LogP contribution in [0.25, 0.3) is 5.69 Å². The van der Waals surface area contributed by atoms with Crippen LogP contribution in [0.3, 0.4) is 0 Å². The molecule has 0 aliphatic carbocycles. The molecule has 1 aromatic carbocycles. The number of hydrogen-bond donors (Lipinski definition) is 2. The number of aryl methyl sites for hydroxylation is 2. The van der Waals surface area contributed by atoms with Crippen LogP contribution in [0.4, 0.5) is 4.79 Å². The lowest BCUT2D eigenvalue weighted by molar-refractivity contribution is -0.119. The summed E-state index contributed by atoms with van der Waals surface area (Å²) in [6, 6.07) is 4.95. The number of rotatable bonds is 4. The van der Waals surface area contributed by atoms with Gasteiger partial charge >= 0.3 is 6.03 Å². The highest BCUT2D eigenvalue weighted by Gasteiger charge is 2.20. The Kier molecular flexibility index (Phi) is 4.76. The van der Waals surface area contributed by atoms with Crippen molar-refractivity contribution in [1.29, 1.82) is 0 Å². The SMILES string of the molecule is Cc1ccc(-n2nnnc2S[C@@H](C)C(=O)NC(N)=O)cc1C. The van der Waals surface area contributed by atoms with Gasteiger partial charge in [-0.15, -0.1) is 5.10 Å². The van der Waals surface area contributed by atoms with E-state index >= 15 is 0 Å². The van der Waals surface area contributed by atoms with Gasteiger partial charge in [-0.25, -0.2) is 4.79 Å². The summed E-state index contributed by atoms with van der Waals surface area (Å²) < 4.78 is 1.55. The van der Waals surface area contributed by atoms with E-state index < -0.39 is 17.2 Å². The molecule has 0 radical (unpaired) electrons. The number of amides is 3. The van der Waals surface area contributed by atoms with Gasteiger partial charge in [-0.1, -0.05) is 17.8 Å². The standard InChI is InChI=1S/C13H16N6O2S/c1-7-4-5-10(6-8(7)2)19-13(16-17-18-19)22-9(3)11(20)15-12(14)21/h4-6,9H,1-3H3,(H3,14,15,20,21)/t9-/m0/s1. The number of nitrogens with two attached hydrogens (primary N) is 1. The van der Waals surface area contributed by atoms with Crippen molar-refractivity contribution in [3.8, 4) is 5.69 Å². The number of primary amides is 1. The van der Waals surface area contributed by atoms with Crippen LogP contribution in [0.2, 0.25) is 0 Å². The average Bonchev–Trinajstić information content (AvgIpc) is 2.89. The van der Waals surface area contributed by atoms with Crippen LogP contribution >= 0.6 is 11.8 Å². The third-order valence-corrected chi connectivity index (χ3v) is 4.11. The maximum atomic E-state index is 11.7. The molecule has 0 saturated heterocycles. The smallest absolute Gasteiger partial charge is 0.318 e. The van der Waals surface area contributed by atoms with Gasteiger partial charge in [-0.3, -0.25) is 10.1 Å². The molecule has 0 aliphatic heterocycles. The van der Waals surface area contributed by atoms with Gasteiger partial charge < -0.3 is 5.73 Å². The topological polar surface area (TPSA) is 116 Å². The van der Waals surface area contributed by atoms with Gasteiger partial charge in [0.2, 0.25) is 11.1 Å². The van der Waals surface area contributed by atoms with Gasteiger partial charge in [0.25, 0.3) is 0 Å². The molecule has 1 atom stereocenters. The van der Waals surface area contributed by atoms with Gasteiger partial charge in [0, 0.05) is 0 Å². The maximum Gasteiger partial charge on any atom is 0.318 e. The Bertz CT molecular complexity index is 714. The zero-order valence-corrected chi connectivity index (χ0v) is 13.2. The quantitative estimate of drug-likeness (QED) is 0.810. The summed E-state index contributed by atoms with van der Waals surface area (Å²) in [5, 5.41) is 13.4. The van der Waals surface area contributed by atoms with Gasteiger partial charge in [-0.05, 0) is 54.5 Å². The average molecular weight is 320 g/mol. The fraction of sp³-hybridized carbons (Fsp3) is 0.308. The van der Waals surface area contributed by atoms with E-state index in [1.54, 1.807) is 11.6 Å². The van der Waals surface area contributed by atoms with E-state index in [0.717, 1.165) is 23.0 Å². The number of imide groups is 1. The van der Waals surface area contributed by atoms with Crippen molar-refractivity contribution in [1.82, 2.24) is 25.5 Å². The van der Waals surface area contributed by atoms with Crippen molar-refractivity contribution in [3.63, 3.8) is 0 Å². The van der Waals surface area contributed by atoms with Gasteiger partial charge in [0.05, 0.1) is 10.9 Å². The Labute approximate surface area is 131 Å². The molecule has 0 unspecified atom stereocenters. The predicted octanol–water partition coefficient (Wildman–Crippen LogP) is 0.955. The van der Waals surface area contributed by atoms with Crippen LogP contribution in [0.15, 0.2) is 23.4 Å². The summed E-state index contributed by atoms with van der Waals surface area (Å²) in [5.74, 6) is -0.493. The summed E-state index contributed by atoms with van der Waals surface area (Å²) >= 11 is 1.14. The van der Waals surface area contributed by atoms with Crippen molar-refractivity contribution >= 4 is 23.7 Å². The van der Waals surface area contributed by atoms with E-state index in [4.69, 9.17) is 5.73 Å². The lowest BCUT2D eigenvalue weighted by Gasteiger charge is -2.10. The Morgan fingerprint density at radius 3 is 2.68 bits per heavy atom. The largest absolute Gasteiger partial charge is 0.351 e. The molecule has 2 rings (SSSR count). The number of carbonyl (C=O) groups is 2.